The highest BCUT2D eigenvalue weighted by molar-refractivity contribution is 5.96. The minimum absolute atomic E-state index is 0.188. The monoisotopic (exact) mass is 293 g/mol. The maximum absolute atomic E-state index is 9.57. The van der Waals surface area contributed by atoms with Gasteiger partial charge >= 0.3 is 0 Å². The minimum Gasteiger partial charge on any atom is -0.400 e. The van der Waals surface area contributed by atoms with E-state index in [9.17, 15) is 5.11 Å². The zero-order valence-electron chi connectivity index (χ0n) is 12.2. The average molecular weight is 293 g/mol. The number of rotatable bonds is 2. The number of hydrogen-bond donors (Lipinski definition) is 5. The van der Waals surface area contributed by atoms with Gasteiger partial charge in [-0.15, -0.1) is 0 Å². The number of fused-ring (bicyclic) bond motifs is 1. The van der Waals surface area contributed by atoms with Crippen LogP contribution in [-0.2, 0) is 0 Å². The summed E-state index contributed by atoms with van der Waals surface area (Å²) in [7, 11) is 1.00. The summed E-state index contributed by atoms with van der Waals surface area (Å²) in [5.41, 5.74) is 8.23. The number of aliphatic hydroxyl groups excluding tert-OH is 2. The molecule has 0 spiro atoms. The summed E-state index contributed by atoms with van der Waals surface area (Å²) in [6.45, 7) is 0. The van der Waals surface area contributed by atoms with Gasteiger partial charge in [0.15, 0.2) is 0 Å². The molecule has 3 rings (SSSR count). The van der Waals surface area contributed by atoms with E-state index >= 15 is 0 Å². The number of aromatic nitrogens is 2. The Bertz CT molecular complexity index is 578. The number of nitrogens with one attached hydrogen (secondary N) is 1. The van der Waals surface area contributed by atoms with Crippen LogP contribution in [0.1, 0.15) is 25.7 Å². The van der Waals surface area contributed by atoms with E-state index in [1.165, 1.54) is 0 Å². The molecule has 7 nitrogen and oxygen atoms in total. The Labute approximate surface area is 123 Å². The lowest BCUT2D eigenvalue weighted by Crippen LogP contribution is -2.44. The molecule has 0 atom stereocenters. The van der Waals surface area contributed by atoms with Gasteiger partial charge in [0.2, 0.25) is 0 Å². The van der Waals surface area contributed by atoms with Crippen LogP contribution in [0, 0.1) is 0 Å². The average Bonchev–Trinajstić information content (AvgIpc) is 2.98. The molecule has 2 aromatic heterocycles. The molecule has 2 aromatic rings. The zero-order valence-corrected chi connectivity index (χ0v) is 12.2. The first-order valence-corrected chi connectivity index (χ1v) is 7.05. The number of nitrogens with zero attached hydrogens (tertiary/aromatic N) is 2. The fourth-order valence-electron chi connectivity index (χ4n) is 2.82. The van der Waals surface area contributed by atoms with Crippen molar-refractivity contribution in [2.24, 2.45) is 5.84 Å². The van der Waals surface area contributed by atoms with Gasteiger partial charge in [0.05, 0.1) is 23.7 Å². The topological polar surface area (TPSA) is 124 Å². The van der Waals surface area contributed by atoms with Crippen molar-refractivity contribution in [3.63, 3.8) is 0 Å². The van der Waals surface area contributed by atoms with Gasteiger partial charge in [0.25, 0.3) is 0 Å². The first kappa shape index (κ1) is 15.6. The highest BCUT2D eigenvalue weighted by atomic mass is 16.3. The molecule has 0 radical (unpaired) electrons. The Balaban J connectivity index is 0.000000774. The SMILES string of the molecule is CO.Nc1cnc2[nH]ccc2c1N(N)C1CCC(O)CC1. The molecule has 0 aromatic carbocycles. The number of aliphatic hydroxyl groups is 2. The van der Waals surface area contributed by atoms with Crippen molar-refractivity contribution < 1.29 is 10.2 Å². The fourth-order valence-corrected chi connectivity index (χ4v) is 2.82. The Morgan fingerprint density at radius 2 is 1.95 bits per heavy atom. The molecule has 0 unspecified atom stereocenters. The van der Waals surface area contributed by atoms with Crippen LogP contribution in [0.3, 0.4) is 0 Å². The van der Waals surface area contributed by atoms with E-state index < -0.39 is 0 Å². The van der Waals surface area contributed by atoms with Crippen molar-refractivity contribution in [2.45, 2.75) is 37.8 Å². The third kappa shape index (κ3) is 3.10. The third-order valence-corrected chi connectivity index (χ3v) is 3.90. The van der Waals surface area contributed by atoms with E-state index in [2.05, 4.69) is 9.97 Å². The molecule has 21 heavy (non-hydrogen) atoms. The molecule has 7 N–H and O–H groups in total. The van der Waals surface area contributed by atoms with Gasteiger partial charge in [-0.25, -0.2) is 10.8 Å². The van der Waals surface area contributed by atoms with E-state index in [0.29, 0.717) is 5.69 Å². The van der Waals surface area contributed by atoms with Gasteiger partial charge < -0.3 is 25.9 Å². The van der Waals surface area contributed by atoms with Gasteiger partial charge in [-0.3, -0.25) is 0 Å². The van der Waals surface area contributed by atoms with Crippen LogP contribution in [0.15, 0.2) is 18.5 Å². The van der Waals surface area contributed by atoms with Crippen LogP contribution in [0.25, 0.3) is 11.0 Å². The van der Waals surface area contributed by atoms with Crippen LogP contribution in [0.2, 0.25) is 0 Å². The molecular formula is C14H23N5O2. The third-order valence-electron chi connectivity index (χ3n) is 3.90. The highest BCUT2D eigenvalue weighted by Gasteiger charge is 2.25. The van der Waals surface area contributed by atoms with Crippen molar-refractivity contribution in [3.05, 3.63) is 18.5 Å². The maximum Gasteiger partial charge on any atom is 0.139 e. The summed E-state index contributed by atoms with van der Waals surface area (Å²) in [4.78, 5) is 7.30. The van der Waals surface area contributed by atoms with Gasteiger partial charge in [-0.1, -0.05) is 0 Å². The summed E-state index contributed by atoms with van der Waals surface area (Å²) < 4.78 is 0. The van der Waals surface area contributed by atoms with Crippen LogP contribution >= 0.6 is 0 Å². The normalized spacial score (nSPS) is 21.7. The van der Waals surface area contributed by atoms with E-state index in [4.69, 9.17) is 16.7 Å². The molecule has 1 saturated carbocycles. The predicted molar refractivity (Wildman–Crippen MR) is 83.6 cm³/mol. The van der Waals surface area contributed by atoms with Gasteiger partial charge in [0.1, 0.15) is 5.65 Å². The largest absolute Gasteiger partial charge is 0.400 e. The molecule has 1 aliphatic rings. The lowest BCUT2D eigenvalue weighted by Gasteiger charge is -2.34. The van der Waals surface area contributed by atoms with Crippen molar-refractivity contribution in [3.8, 4) is 0 Å². The summed E-state index contributed by atoms with van der Waals surface area (Å²) in [6.07, 6.45) is 6.62. The van der Waals surface area contributed by atoms with Crippen LogP contribution in [-0.4, -0.2) is 39.4 Å². The van der Waals surface area contributed by atoms with Crippen molar-refractivity contribution >= 4 is 22.4 Å². The maximum atomic E-state index is 9.57. The van der Waals surface area contributed by atoms with E-state index in [0.717, 1.165) is 49.5 Å². The lowest BCUT2D eigenvalue weighted by molar-refractivity contribution is 0.121. The molecule has 116 valence electrons. The molecule has 1 aliphatic carbocycles. The van der Waals surface area contributed by atoms with Gasteiger partial charge in [-0.05, 0) is 31.7 Å². The summed E-state index contributed by atoms with van der Waals surface area (Å²) in [6, 6.07) is 2.15. The van der Waals surface area contributed by atoms with Gasteiger partial charge in [0, 0.05) is 24.7 Å². The van der Waals surface area contributed by atoms with Crippen LogP contribution in [0.5, 0.6) is 0 Å². The number of anilines is 2. The predicted octanol–water partition coefficient (Wildman–Crippen LogP) is 0.737. The molecule has 0 bridgehead atoms. The second kappa shape index (κ2) is 6.75. The Hall–Kier alpha value is -1.83. The van der Waals surface area contributed by atoms with Crippen LogP contribution in [0.4, 0.5) is 11.4 Å². The summed E-state index contributed by atoms with van der Waals surface area (Å²) in [5.74, 6) is 6.27. The molecule has 0 aliphatic heterocycles. The van der Waals surface area contributed by atoms with E-state index in [-0.39, 0.29) is 12.1 Å². The van der Waals surface area contributed by atoms with Crippen molar-refractivity contribution in [2.75, 3.05) is 17.9 Å². The first-order valence-electron chi connectivity index (χ1n) is 7.05. The number of pyridine rings is 1. The van der Waals surface area contributed by atoms with Crippen molar-refractivity contribution in [1.82, 2.24) is 9.97 Å². The summed E-state index contributed by atoms with van der Waals surface area (Å²) in [5, 5.41) is 19.3. The second-order valence-electron chi connectivity index (χ2n) is 5.17. The van der Waals surface area contributed by atoms with E-state index in [1.54, 1.807) is 11.2 Å². The Morgan fingerprint density at radius 3 is 2.62 bits per heavy atom. The number of hydrazine groups is 1. The smallest absolute Gasteiger partial charge is 0.139 e. The minimum atomic E-state index is -0.188. The quantitative estimate of drug-likeness (QED) is 0.411. The lowest BCUT2D eigenvalue weighted by atomic mass is 9.92. The standard InChI is InChI=1S/C13H19N5O.CH4O/c14-11-7-17-13-10(5-6-16-13)12(11)18(15)8-1-3-9(19)4-2-8;1-2/h5-9,19H,1-4,14-15H2,(H,16,17);2H,1H3. The fraction of sp³-hybridized carbons (Fsp3) is 0.500. The molecule has 0 saturated heterocycles. The molecule has 2 heterocycles. The summed E-state index contributed by atoms with van der Waals surface area (Å²) >= 11 is 0. The highest BCUT2D eigenvalue weighted by Crippen LogP contribution is 2.33. The van der Waals surface area contributed by atoms with Gasteiger partial charge in [-0.2, -0.15) is 0 Å². The number of H-pyrrole nitrogens is 1. The van der Waals surface area contributed by atoms with Crippen molar-refractivity contribution in [1.29, 1.82) is 0 Å². The van der Waals surface area contributed by atoms with Crippen LogP contribution < -0.4 is 16.6 Å². The number of aromatic amines is 1. The second-order valence-corrected chi connectivity index (χ2v) is 5.17. The molecular weight excluding hydrogens is 270 g/mol. The molecule has 7 heteroatoms. The Kier molecular flexibility index (Phi) is 5.00. The number of nitrogens with two attached hydrogens (primary N) is 2. The molecule has 0 amide bonds. The Morgan fingerprint density at radius 1 is 1.29 bits per heavy atom. The zero-order chi connectivity index (χ0) is 15.4. The first-order chi connectivity index (χ1) is 10.2. The number of nitrogen functional groups attached to an aromatic ring is 1. The van der Waals surface area contributed by atoms with E-state index in [1.807, 2.05) is 12.3 Å². The molecule has 1 fully saturated rings. The number of hydrogen-bond acceptors (Lipinski definition) is 6.